The Bertz CT molecular complexity index is 1330. The zero-order valence-corrected chi connectivity index (χ0v) is 22.2. The van der Waals surface area contributed by atoms with Gasteiger partial charge in [-0.3, -0.25) is 0 Å². The number of β-amino-alcohol motifs (C(OH)–C–C–N with tert-alkyl or cyclic N) is 1. The Morgan fingerprint density at radius 3 is 2.68 bits per heavy atom. The normalized spacial score (nSPS) is 19.5. The Morgan fingerprint density at radius 2 is 1.84 bits per heavy atom. The number of hydrogen-bond donors (Lipinski definition) is 4. The lowest BCUT2D eigenvalue weighted by Gasteiger charge is -2.36. The van der Waals surface area contributed by atoms with Crippen molar-refractivity contribution in [2.75, 3.05) is 38.7 Å². The summed E-state index contributed by atoms with van der Waals surface area (Å²) in [7, 11) is 1.67. The highest BCUT2D eigenvalue weighted by Crippen LogP contribution is 2.33. The summed E-state index contributed by atoms with van der Waals surface area (Å²) in [5.74, 6) is 1.58. The second kappa shape index (κ2) is 12.6. The first-order valence-electron chi connectivity index (χ1n) is 12.9. The van der Waals surface area contributed by atoms with E-state index >= 15 is 0 Å². The molecule has 0 radical (unpaired) electrons. The Labute approximate surface area is 227 Å². The number of rotatable bonds is 11. The fourth-order valence-corrected chi connectivity index (χ4v) is 5.61. The van der Waals surface area contributed by atoms with E-state index in [1.54, 1.807) is 24.5 Å². The lowest BCUT2D eigenvalue weighted by atomic mass is 9.85. The minimum absolute atomic E-state index is 0.170. The predicted molar refractivity (Wildman–Crippen MR) is 152 cm³/mol. The summed E-state index contributed by atoms with van der Waals surface area (Å²) in [5.41, 5.74) is 2.63. The maximum atomic E-state index is 10.9. The van der Waals surface area contributed by atoms with Crippen molar-refractivity contribution in [2.24, 2.45) is 0 Å². The molecule has 3 atom stereocenters. The van der Waals surface area contributed by atoms with Gasteiger partial charge in [0.15, 0.2) is 0 Å². The zero-order valence-electron chi connectivity index (χ0n) is 21.4. The third-order valence-corrected chi connectivity index (χ3v) is 7.70. The average molecular weight is 535 g/mol. The Morgan fingerprint density at radius 1 is 1.00 bits per heavy atom. The molecule has 200 valence electrons. The minimum Gasteiger partial charge on any atom is -0.506 e. The van der Waals surface area contributed by atoms with Gasteiger partial charge in [0, 0.05) is 44.0 Å². The summed E-state index contributed by atoms with van der Waals surface area (Å²) in [6.07, 6.45) is 0.0650. The monoisotopic (exact) mass is 534 g/mol. The summed E-state index contributed by atoms with van der Waals surface area (Å²) in [4.78, 5) is 0. The largest absolute Gasteiger partial charge is 0.506 e. The van der Waals surface area contributed by atoms with Gasteiger partial charge >= 0.3 is 0 Å². The summed E-state index contributed by atoms with van der Waals surface area (Å²) >= 11 is 1.71. The van der Waals surface area contributed by atoms with Crippen LogP contribution in [0.25, 0.3) is 10.1 Å². The molecule has 2 heterocycles. The average Bonchev–Trinajstić information content (AvgIpc) is 3.40. The number of methoxy groups -OCH3 is 1. The number of phenols is 1. The molecular weight excluding hydrogens is 500 g/mol. The van der Waals surface area contributed by atoms with Crippen LogP contribution in [0.1, 0.15) is 23.5 Å². The van der Waals surface area contributed by atoms with Crippen molar-refractivity contribution in [1.29, 1.82) is 0 Å². The summed E-state index contributed by atoms with van der Waals surface area (Å²) in [6, 6.07) is 21.5. The smallest absolute Gasteiger partial charge is 0.138 e. The molecule has 4 N–H and O–H groups in total. The molecule has 0 aliphatic carbocycles. The maximum Gasteiger partial charge on any atom is 0.138 e. The summed E-state index contributed by atoms with van der Waals surface area (Å²) < 4.78 is 18.7. The molecule has 1 aliphatic rings. The Hall–Kier alpha value is -3.14. The molecule has 38 heavy (non-hydrogen) atoms. The lowest BCUT2D eigenvalue weighted by Crippen LogP contribution is -2.49. The van der Waals surface area contributed by atoms with Crippen molar-refractivity contribution in [3.8, 4) is 17.2 Å². The van der Waals surface area contributed by atoms with E-state index in [1.165, 1.54) is 10.1 Å². The van der Waals surface area contributed by atoms with Gasteiger partial charge in [-0.2, -0.15) is 0 Å². The number of aromatic hydroxyl groups is 1. The number of ether oxygens (including phenoxy) is 3. The zero-order chi connectivity index (χ0) is 26.3. The van der Waals surface area contributed by atoms with Crippen LogP contribution in [0, 0.1) is 0 Å². The molecule has 1 aliphatic heterocycles. The number of fused-ring (bicyclic) bond motifs is 1. The van der Waals surface area contributed by atoms with Crippen LogP contribution < -0.4 is 15.4 Å². The fraction of sp³-hybridized carbons (Fsp3) is 0.333. The van der Waals surface area contributed by atoms with Crippen LogP contribution in [0.5, 0.6) is 17.2 Å². The second-order valence-corrected chi connectivity index (χ2v) is 10.5. The van der Waals surface area contributed by atoms with Gasteiger partial charge in [-0.15, -0.1) is 11.3 Å². The van der Waals surface area contributed by atoms with Crippen LogP contribution in [0.3, 0.4) is 0 Å². The number of aliphatic hydroxyl groups is 1. The Balaban J connectivity index is 1.23. The molecule has 7 nitrogen and oxygen atoms in total. The number of nitrogens with one attached hydrogen (secondary N) is 2. The van der Waals surface area contributed by atoms with Crippen LogP contribution in [0.4, 0.5) is 5.69 Å². The maximum absolute atomic E-state index is 10.9. The van der Waals surface area contributed by atoms with E-state index in [2.05, 4.69) is 28.1 Å². The Kier molecular flexibility index (Phi) is 8.78. The molecule has 0 amide bonds. The highest BCUT2D eigenvalue weighted by atomic mass is 32.1. The van der Waals surface area contributed by atoms with Gasteiger partial charge in [0.1, 0.15) is 17.2 Å². The minimum atomic E-state index is -0.570. The molecule has 4 aromatic rings. The third-order valence-electron chi connectivity index (χ3n) is 6.80. The first kappa shape index (κ1) is 26.5. The third kappa shape index (κ3) is 6.46. The SMILES string of the molecule is COCCCNc1cc(CO[C@H]2CNC[C@@H](O)C2c2ccc(Oc3ccc4sccc4c3)cc2)ccc1O. The molecule has 0 spiro atoms. The van der Waals surface area contributed by atoms with E-state index in [0.717, 1.165) is 29.0 Å². The van der Waals surface area contributed by atoms with Crippen molar-refractivity contribution in [2.45, 2.75) is 31.2 Å². The van der Waals surface area contributed by atoms with Crippen LogP contribution in [0.15, 0.2) is 72.1 Å². The predicted octanol–water partition coefficient (Wildman–Crippen LogP) is 5.48. The van der Waals surface area contributed by atoms with Crippen LogP contribution >= 0.6 is 11.3 Å². The molecule has 3 aromatic carbocycles. The van der Waals surface area contributed by atoms with Crippen molar-refractivity contribution in [1.82, 2.24) is 5.32 Å². The highest BCUT2D eigenvalue weighted by Gasteiger charge is 2.34. The quantitative estimate of drug-likeness (QED) is 0.150. The standard InChI is InChI=1S/C30H34N2O5S/c1-35-13-2-12-32-25-15-20(3-9-26(25)33)19-36-28-18-31-17-27(34)30(28)21-4-6-23(7-5-21)37-24-8-10-29-22(16-24)11-14-38-29/h3-11,14-16,27-28,30-34H,2,12-13,17-19H2,1H3/t27-,28+,30?/m1/s1. The van der Waals surface area contributed by atoms with Gasteiger partial charge in [-0.05, 0) is 76.8 Å². The molecule has 1 aromatic heterocycles. The number of benzene rings is 3. The van der Waals surface area contributed by atoms with E-state index in [9.17, 15) is 10.2 Å². The highest BCUT2D eigenvalue weighted by molar-refractivity contribution is 7.17. The van der Waals surface area contributed by atoms with Gasteiger partial charge in [0.25, 0.3) is 0 Å². The molecule has 8 heteroatoms. The van der Waals surface area contributed by atoms with Gasteiger partial charge in [-0.25, -0.2) is 0 Å². The molecule has 1 saturated heterocycles. The van der Waals surface area contributed by atoms with Crippen LogP contribution in [-0.2, 0) is 16.1 Å². The van der Waals surface area contributed by atoms with E-state index in [-0.39, 0.29) is 17.8 Å². The fourth-order valence-electron chi connectivity index (χ4n) is 4.83. The van der Waals surface area contributed by atoms with Crippen molar-refractivity contribution in [3.63, 3.8) is 0 Å². The lowest BCUT2D eigenvalue weighted by molar-refractivity contribution is -0.0328. The van der Waals surface area contributed by atoms with Gasteiger partial charge in [-0.1, -0.05) is 18.2 Å². The number of anilines is 1. The van der Waals surface area contributed by atoms with Crippen molar-refractivity contribution >= 4 is 27.1 Å². The van der Waals surface area contributed by atoms with Gasteiger partial charge in [0.05, 0.1) is 24.5 Å². The molecular formula is C30H34N2O5S. The molecule has 0 saturated carbocycles. The van der Waals surface area contributed by atoms with Crippen molar-refractivity contribution in [3.05, 3.63) is 83.2 Å². The van der Waals surface area contributed by atoms with Crippen LogP contribution in [0.2, 0.25) is 0 Å². The van der Waals surface area contributed by atoms with E-state index in [1.807, 2.05) is 48.5 Å². The summed E-state index contributed by atoms with van der Waals surface area (Å²) in [6.45, 7) is 2.88. The van der Waals surface area contributed by atoms with E-state index < -0.39 is 6.10 Å². The first-order chi connectivity index (χ1) is 18.6. The first-order valence-corrected chi connectivity index (χ1v) is 13.8. The van der Waals surface area contributed by atoms with E-state index in [4.69, 9.17) is 14.2 Å². The number of aliphatic hydroxyl groups excluding tert-OH is 1. The summed E-state index contributed by atoms with van der Waals surface area (Å²) in [5, 5.41) is 30.8. The van der Waals surface area contributed by atoms with Gasteiger partial charge < -0.3 is 35.1 Å². The number of phenolic OH excluding ortho intramolecular Hbond substituents is 1. The van der Waals surface area contributed by atoms with E-state index in [0.29, 0.717) is 38.5 Å². The van der Waals surface area contributed by atoms with Crippen LogP contribution in [-0.4, -0.2) is 55.8 Å². The van der Waals surface area contributed by atoms with Gasteiger partial charge in [0.2, 0.25) is 0 Å². The molecule has 1 fully saturated rings. The number of thiophene rings is 1. The topological polar surface area (TPSA) is 92.2 Å². The molecule has 5 rings (SSSR count). The molecule has 1 unspecified atom stereocenters. The molecule has 0 bridgehead atoms. The van der Waals surface area contributed by atoms with Crippen molar-refractivity contribution < 1.29 is 24.4 Å². The number of hydrogen-bond acceptors (Lipinski definition) is 8. The second-order valence-electron chi connectivity index (χ2n) is 9.52. The number of piperidine rings is 1.